The van der Waals surface area contributed by atoms with Crippen LogP contribution in [-0.2, 0) is 12.8 Å². The van der Waals surface area contributed by atoms with E-state index in [1.54, 1.807) is 12.1 Å². The molecule has 1 nitrogen and oxygen atoms in total. The van der Waals surface area contributed by atoms with Gasteiger partial charge >= 0.3 is 6.18 Å². The first-order valence-corrected chi connectivity index (χ1v) is 5.88. The van der Waals surface area contributed by atoms with Gasteiger partial charge in [0, 0.05) is 0 Å². The monoisotopic (exact) mass is 243 g/mol. The van der Waals surface area contributed by atoms with Crippen molar-refractivity contribution in [1.29, 1.82) is 0 Å². The van der Waals surface area contributed by atoms with Gasteiger partial charge in [-0.2, -0.15) is 13.2 Å². The van der Waals surface area contributed by atoms with E-state index in [0.29, 0.717) is 5.56 Å². The lowest BCUT2D eigenvalue weighted by molar-refractivity contribution is -0.156. The molecule has 1 atom stereocenters. The summed E-state index contributed by atoms with van der Waals surface area (Å²) in [4.78, 5) is 0. The number of hydrogen-bond acceptors (Lipinski definition) is 1. The third-order valence-electron chi connectivity index (χ3n) is 3.32. The summed E-state index contributed by atoms with van der Waals surface area (Å²) in [6.45, 7) is 0. The van der Waals surface area contributed by atoms with E-state index in [1.807, 2.05) is 6.07 Å². The molecule has 0 bridgehead atoms. The largest absolute Gasteiger partial charge is 0.407 e. The summed E-state index contributed by atoms with van der Waals surface area (Å²) in [5, 5.41) is 2.34. The maximum atomic E-state index is 12.8. The number of nitrogens with one attached hydrogen (secondary N) is 1. The number of halogens is 3. The molecule has 1 N–H and O–H groups in total. The summed E-state index contributed by atoms with van der Waals surface area (Å²) < 4.78 is 38.3. The summed E-state index contributed by atoms with van der Waals surface area (Å²) in [7, 11) is 1.34. The van der Waals surface area contributed by atoms with E-state index in [-0.39, 0.29) is 0 Å². The van der Waals surface area contributed by atoms with Crippen LogP contribution in [0.4, 0.5) is 13.2 Å². The summed E-state index contributed by atoms with van der Waals surface area (Å²) in [6.07, 6.45) is -0.130. The van der Waals surface area contributed by atoms with E-state index in [9.17, 15) is 13.2 Å². The Morgan fingerprint density at radius 2 is 1.76 bits per heavy atom. The van der Waals surface area contributed by atoms with Gasteiger partial charge in [0.15, 0.2) is 0 Å². The van der Waals surface area contributed by atoms with Crippen LogP contribution in [0.3, 0.4) is 0 Å². The minimum absolute atomic E-state index is 0.320. The van der Waals surface area contributed by atoms with Gasteiger partial charge in [0.1, 0.15) is 6.04 Å². The predicted molar refractivity (Wildman–Crippen MR) is 60.9 cm³/mol. The molecule has 0 saturated carbocycles. The highest BCUT2D eigenvalue weighted by atomic mass is 19.4. The molecule has 0 radical (unpaired) electrons. The van der Waals surface area contributed by atoms with Crippen molar-refractivity contribution in [2.45, 2.75) is 37.9 Å². The zero-order chi connectivity index (χ0) is 12.5. The lowest BCUT2D eigenvalue weighted by Gasteiger charge is -2.23. The van der Waals surface area contributed by atoms with Crippen LogP contribution in [0.2, 0.25) is 0 Å². The molecule has 0 fully saturated rings. The van der Waals surface area contributed by atoms with Gasteiger partial charge in [-0.05, 0) is 49.4 Å². The summed E-state index contributed by atoms with van der Waals surface area (Å²) in [5.41, 5.74) is 2.61. The molecule has 1 unspecified atom stereocenters. The fourth-order valence-electron chi connectivity index (χ4n) is 2.45. The molecule has 2 rings (SSSR count). The molecule has 4 heteroatoms. The second-order valence-corrected chi connectivity index (χ2v) is 4.50. The van der Waals surface area contributed by atoms with E-state index in [1.165, 1.54) is 12.6 Å². The van der Waals surface area contributed by atoms with Gasteiger partial charge in [-0.15, -0.1) is 0 Å². The minimum atomic E-state index is -4.24. The first-order chi connectivity index (χ1) is 8.02. The highest BCUT2D eigenvalue weighted by molar-refractivity contribution is 5.35. The molecule has 0 aliphatic heterocycles. The van der Waals surface area contributed by atoms with E-state index in [2.05, 4.69) is 5.32 Å². The predicted octanol–water partition coefficient (Wildman–Crippen LogP) is 3.39. The van der Waals surface area contributed by atoms with Crippen LogP contribution in [0, 0.1) is 0 Å². The Kier molecular flexibility index (Phi) is 3.43. The van der Waals surface area contributed by atoms with E-state index < -0.39 is 12.2 Å². The third kappa shape index (κ3) is 2.63. The SMILES string of the molecule is CNC(c1ccc2c(c1)CCCC2)C(F)(F)F. The number of alkyl halides is 3. The number of hydrogen-bond donors (Lipinski definition) is 1. The molecule has 17 heavy (non-hydrogen) atoms. The van der Waals surface area contributed by atoms with Gasteiger partial charge < -0.3 is 5.32 Å². The lowest BCUT2D eigenvalue weighted by atomic mass is 9.89. The fourth-order valence-corrected chi connectivity index (χ4v) is 2.45. The Balaban J connectivity index is 2.32. The normalized spacial score (nSPS) is 17.6. The van der Waals surface area contributed by atoms with Gasteiger partial charge in [0.25, 0.3) is 0 Å². The van der Waals surface area contributed by atoms with Crippen molar-refractivity contribution < 1.29 is 13.2 Å². The Labute approximate surface area is 99.0 Å². The van der Waals surface area contributed by atoms with E-state index >= 15 is 0 Å². The Hall–Kier alpha value is -1.03. The number of fused-ring (bicyclic) bond motifs is 1. The van der Waals surface area contributed by atoms with Crippen LogP contribution in [0.1, 0.15) is 35.6 Å². The second-order valence-electron chi connectivity index (χ2n) is 4.50. The van der Waals surface area contributed by atoms with Crippen molar-refractivity contribution in [2.24, 2.45) is 0 Å². The first kappa shape index (κ1) is 12.4. The standard InChI is InChI=1S/C13H16F3N/c1-17-12(13(14,15)16)11-7-6-9-4-2-3-5-10(9)8-11/h6-8,12,17H,2-5H2,1H3. The molecule has 1 aromatic carbocycles. The number of rotatable bonds is 2. The van der Waals surface area contributed by atoms with Crippen LogP contribution < -0.4 is 5.32 Å². The smallest absolute Gasteiger partial charge is 0.306 e. The van der Waals surface area contributed by atoms with Crippen molar-refractivity contribution in [1.82, 2.24) is 5.32 Å². The maximum Gasteiger partial charge on any atom is 0.407 e. The quantitative estimate of drug-likeness (QED) is 0.839. The van der Waals surface area contributed by atoms with Crippen LogP contribution in [0.25, 0.3) is 0 Å². The van der Waals surface area contributed by atoms with Gasteiger partial charge in [-0.1, -0.05) is 18.2 Å². The van der Waals surface area contributed by atoms with Crippen LogP contribution >= 0.6 is 0 Å². The minimum Gasteiger partial charge on any atom is -0.306 e. The number of benzene rings is 1. The Morgan fingerprint density at radius 3 is 2.35 bits per heavy atom. The Morgan fingerprint density at radius 1 is 1.12 bits per heavy atom. The maximum absolute atomic E-state index is 12.8. The first-order valence-electron chi connectivity index (χ1n) is 5.88. The van der Waals surface area contributed by atoms with Gasteiger partial charge in [0.05, 0.1) is 0 Å². The summed E-state index contributed by atoms with van der Waals surface area (Å²) >= 11 is 0. The second kappa shape index (κ2) is 4.69. The van der Waals surface area contributed by atoms with Crippen molar-refractivity contribution in [3.63, 3.8) is 0 Å². The third-order valence-corrected chi connectivity index (χ3v) is 3.32. The van der Waals surface area contributed by atoms with Crippen molar-refractivity contribution in [2.75, 3.05) is 7.05 Å². The molecule has 1 aliphatic carbocycles. The van der Waals surface area contributed by atoms with Crippen molar-refractivity contribution in [3.8, 4) is 0 Å². The molecule has 0 amide bonds. The lowest BCUT2D eigenvalue weighted by Crippen LogP contribution is -2.31. The highest BCUT2D eigenvalue weighted by Gasteiger charge is 2.39. The topological polar surface area (TPSA) is 12.0 Å². The average Bonchev–Trinajstić information content (AvgIpc) is 2.28. The molecule has 94 valence electrons. The summed E-state index contributed by atoms with van der Waals surface area (Å²) in [6, 6.07) is 3.59. The zero-order valence-corrected chi connectivity index (χ0v) is 9.77. The molecule has 0 heterocycles. The van der Waals surface area contributed by atoms with Gasteiger partial charge in [-0.3, -0.25) is 0 Å². The fraction of sp³-hybridized carbons (Fsp3) is 0.538. The molecular formula is C13H16F3N. The molecule has 1 aliphatic rings. The van der Waals surface area contributed by atoms with E-state index in [4.69, 9.17) is 0 Å². The van der Waals surface area contributed by atoms with E-state index in [0.717, 1.165) is 31.2 Å². The Bertz CT molecular complexity index is 398. The molecule has 1 aromatic rings. The molecule has 0 spiro atoms. The molecular weight excluding hydrogens is 227 g/mol. The zero-order valence-electron chi connectivity index (χ0n) is 9.77. The average molecular weight is 243 g/mol. The van der Waals surface area contributed by atoms with Crippen LogP contribution in [0.15, 0.2) is 18.2 Å². The van der Waals surface area contributed by atoms with Gasteiger partial charge in [0.2, 0.25) is 0 Å². The molecule has 0 aromatic heterocycles. The molecule has 0 saturated heterocycles. The highest BCUT2D eigenvalue weighted by Crippen LogP contribution is 2.34. The van der Waals surface area contributed by atoms with Crippen molar-refractivity contribution >= 4 is 0 Å². The summed E-state index contributed by atoms with van der Waals surface area (Å²) in [5.74, 6) is 0. The van der Waals surface area contributed by atoms with Crippen LogP contribution in [0.5, 0.6) is 0 Å². The number of aryl methyl sites for hydroxylation is 2. The van der Waals surface area contributed by atoms with Crippen molar-refractivity contribution in [3.05, 3.63) is 34.9 Å². The van der Waals surface area contributed by atoms with Crippen LogP contribution in [-0.4, -0.2) is 13.2 Å². The van der Waals surface area contributed by atoms with Gasteiger partial charge in [-0.25, -0.2) is 0 Å².